The lowest BCUT2D eigenvalue weighted by Crippen LogP contribution is -2.37. The summed E-state index contributed by atoms with van der Waals surface area (Å²) >= 11 is 3.39. The molecule has 0 bridgehead atoms. The summed E-state index contributed by atoms with van der Waals surface area (Å²) in [5.41, 5.74) is 2.76. The number of ether oxygens (including phenoxy) is 1. The van der Waals surface area contributed by atoms with Gasteiger partial charge in [0.05, 0.1) is 30.4 Å². The number of carbonyl (C=O) groups is 1. The van der Waals surface area contributed by atoms with Crippen LogP contribution in [0.25, 0.3) is 10.9 Å². The molecule has 2 heterocycles. The normalized spacial score (nSPS) is 14.1. The number of fused-ring (bicyclic) bond motifs is 1. The third kappa shape index (κ3) is 4.97. The largest absolute Gasteiger partial charge is 0.378 e. The van der Waals surface area contributed by atoms with E-state index in [1.807, 2.05) is 18.2 Å². The molecule has 0 spiro atoms. The molecule has 8 heteroatoms. The molecule has 1 aromatic heterocycles. The van der Waals surface area contributed by atoms with Gasteiger partial charge in [0.1, 0.15) is 0 Å². The number of anilines is 1. The Labute approximate surface area is 189 Å². The first-order chi connectivity index (χ1) is 15.0. The number of amides is 1. The fraction of sp³-hybridized carbons (Fsp3) is 0.348. The van der Waals surface area contributed by atoms with Gasteiger partial charge in [-0.15, -0.1) is 0 Å². The summed E-state index contributed by atoms with van der Waals surface area (Å²) in [6, 6.07) is 13.6. The maximum absolute atomic E-state index is 12.8. The van der Waals surface area contributed by atoms with Crippen molar-refractivity contribution in [2.45, 2.75) is 19.5 Å². The van der Waals surface area contributed by atoms with E-state index in [1.54, 1.807) is 24.1 Å². The molecule has 0 unspecified atom stereocenters. The van der Waals surface area contributed by atoms with Crippen LogP contribution in [0.1, 0.15) is 12.0 Å². The summed E-state index contributed by atoms with van der Waals surface area (Å²) in [7, 11) is 1.80. The number of hydrogen-bond donors (Lipinski definition) is 0. The van der Waals surface area contributed by atoms with Crippen molar-refractivity contribution < 1.29 is 9.53 Å². The second kappa shape index (κ2) is 9.62. The van der Waals surface area contributed by atoms with Crippen LogP contribution in [0, 0.1) is 0 Å². The molecule has 1 aliphatic rings. The maximum Gasteiger partial charge on any atom is 0.261 e. The van der Waals surface area contributed by atoms with Crippen molar-refractivity contribution in [2.24, 2.45) is 0 Å². The number of morpholine rings is 1. The number of nitrogens with zero attached hydrogens (tertiary/aromatic N) is 4. The fourth-order valence-corrected chi connectivity index (χ4v) is 4.16. The van der Waals surface area contributed by atoms with Crippen molar-refractivity contribution in [3.8, 4) is 0 Å². The molecule has 31 heavy (non-hydrogen) atoms. The van der Waals surface area contributed by atoms with E-state index in [-0.39, 0.29) is 17.9 Å². The molecule has 0 saturated carbocycles. The van der Waals surface area contributed by atoms with E-state index in [0.29, 0.717) is 37.2 Å². The topological polar surface area (TPSA) is 67.7 Å². The Morgan fingerprint density at radius 1 is 1.19 bits per heavy atom. The Hall–Kier alpha value is -2.71. The van der Waals surface area contributed by atoms with Gasteiger partial charge < -0.3 is 14.5 Å². The molecule has 0 aliphatic carbocycles. The maximum atomic E-state index is 12.8. The molecule has 1 saturated heterocycles. The van der Waals surface area contributed by atoms with Crippen LogP contribution < -0.4 is 10.5 Å². The van der Waals surface area contributed by atoms with E-state index in [4.69, 9.17) is 4.74 Å². The average molecular weight is 485 g/mol. The quantitative estimate of drug-likeness (QED) is 0.537. The molecule has 2 aromatic carbocycles. The Morgan fingerprint density at radius 3 is 2.77 bits per heavy atom. The smallest absolute Gasteiger partial charge is 0.261 e. The third-order valence-electron chi connectivity index (χ3n) is 5.53. The highest BCUT2D eigenvalue weighted by molar-refractivity contribution is 9.10. The molecular weight excluding hydrogens is 460 g/mol. The van der Waals surface area contributed by atoms with Crippen LogP contribution >= 0.6 is 15.9 Å². The Balaban J connectivity index is 1.43. The molecule has 0 atom stereocenters. The molecule has 0 N–H and O–H groups in total. The molecule has 1 amide bonds. The van der Waals surface area contributed by atoms with Gasteiger partial charge in [-0.3, -0.25) is 14.2 Å². The minimum Gasteiger partial charge on any atom is -0.378 e. The van der Waals surface area contributed by atoms with Gasteiger partial charge in [0.2, 0.25) is 5.91 Å². The molecular formula is C23H25BrN4O3. The molecule has 7 nitrogen and oxygen atoms in total. The monoisotopic (exact) mass is 484 g/mol. The van der Waals surface area contributed by atoms with E-state index < -0.39 is 0 Å². The second-order valence-electron chi connectivity index (χ2n) is 7.63. The van der Waals surface area contributed by atoms with Gasteiger partial charge in [0.25, 0.3) is 5.56 Å². The van der Waals surface area contributed by atoms with Crippen molar-refractivity contribution in [2.75, 3.05) is 38.3 Å². The third-order valence-corrected chi connectivity index (χ3v) is 6.02. The number of aromatic nitrogens is 2. The number of hydrogen-bond acceptors (Lipinski definition) is 5. The molecule has 0 radical (unpaired) electrons. The lowest BCUT2D eigenvalue weighted by atomic mass is 10.1. The van der Waals surface area contributed by atoms with Gasteiger partial charge in [0, 0.05) is 49.8 Å². The summed E-state index contributed by atoms with van der Waals surface area (Å²) in [5, 5.41) is 0.539. The zero-order valence-corrected chi connectivity index (χ0v) is 19.0. The number of benzene rings is 2. The summed E-state index contributed by atoms with van der Waals surface area (Å²) in [6.45, 7) is 3.94. The molecule has 4 rings (SSSR count). The van der Waals surface area contributed by atoms with Crippen LogP contribution in [-0.4, -0.2) is 53.7 Å². The highest BCUT2D eigenvalue weighted by Crippen LogP contribution is 2.23. The highest BCUT2D eigenvalue weighted by atomic mass is 79.9. The summed E-state index contributed by atoms with van der Waals surface area (Å²) in [4.78, 5) is 33.9. The van der Waals surface area contributed by atoms with Crippen LogP contribution in [0.15, 0.2) is 58.1 Å². The van der Waals surface area contributed by atoms with Crippen LogP contribution in [0.4, 0.5) is 5.69 Å². The fourth-order valence-electron chi connectivity index (χ4n) is 3.80. The number of para-hydroxylation sites is 1. The van der Waals surface area contributed by atoms with E-state index in [9.17, 15) is 9.59 Å². The van der Waals surface area contributed by atoms with E-state index in [2.05, 4.69) is 37.9 Å². The van der Waals surface area contributed by atoms with Crippen LogP contribution in [-0.2, 0) is 22.6 Å². The van der Waals surface area contributed by atoms with Crippen molar-refractivity contribution in [3.05, 3.63) is 69.2 Å². The standard InChI is InChI=1S/C23H25BrN4O3/c1-26(15-17-4-2-3-5-21(17)27-10-12-31-13-11-27)22(29)8-9-28-16-25-20-7-6-18(24)14-19(20)23(28)30/h2-7,14,16H,8-13,15H2,1H3. The minimum absolute atomic E-state index is 0.0157. The first kappa shape index (κ1) is 21.5. The number of halogens is 1. The van der Waals surface area contributed by atoms with Gasteiger partial charge in [-0.2, -0.15) is 0 Å². The lowest BCUT2D eigenvalue weighted by Gasteiger charge is -2.31. The summed E-state index contributed by atoms with van der Waals surface area (Å²) < 4.78 is 7.78. The number of rotatable bonds is 6. The number of carbonyl (C=O) groups excluding carboxylic acids is 1. The highest BCUT2D eigenvalue weighted by Gasteiger charge is 2.17. The van der Waals surface area contributed by atoms with Crippen molar-refractivity contribution in [3.63, 3.8) is 0 Å². The van der Waals surface area contributed by atoms with E-state index in [1.165, 1.54) is 10.9 Å². The number of aryl methyl sites for hydroxylation is 1. The molecule has 162 valence electrons. The summed E-state index contributed by atoms with van der Waals surface area (Å²) in [5.74, 6) is -0.0157. The first-order valence-electron chi connectivity index (χ1n) is 10.3. The van der Waals surface area contributed by atoms with Crippen LogP contribution in [0.5, 0.6) is 0 Å². The van der Waals surface area contributed by atoms with Crippen LogP contribution in [0.2, 0.25) is 0 Å². The molecule has 3 aromatic rings. The molecule has 1 fully saturated rings. The van der Waals surface area contributed by atoms with E-state index >= 15 is 0 Å². The first-order valence-corrected chi connectivity index (χ1v) is 11.1. The zero-order valence-electron chi connectivity index (χ0n) is 17.5. The van der Waals surface area contributed by atoms with Gasteiger partial charge in [-0.25, -0.2) is 4.98 Å². The van der Waals surface area contributed by atoms with Crippen molar-refractivity contribution in [1.82, 2.24) is 14.5 Å². The predicted octanol–water partition coefficient (Wildman–Crippen LogP) is 3.04. The minimum atomic E-state index is -0.139. The Kier molecular flexibility index (Phi) is 6.67. The van der Waals surface area contributed by atoms with Gasteiger partial charge >= 0.3 is 0 Å². The van der Waals surface area contributed by atoms with Crippen LogP contribution in [0.3, 0.4) is 0 Å². The van der Waals surface area contributed by atoms with Gasteiger partial charge in [0.15, 0.2) is 0 Å². The Bertz CT molecular complexity index is 1140. The van der Waals surface area contributed by atoms with Crippen molar-refractivity contribution >= 4 is 38.4 Å². The van der Waals surface area contributed by atoms with Crippen molar-refractivity contribution in [1.29, 1.82) is 0 Å². The zero-order chi connectivity index (χ0) is 21.8. The Morgan fingerprint density at radius 2 is 1.97 bits per heavy atom. The van der Waals surface area contributed by atoms with Gasteiger partial charge in [-0.05, 0) is 29.8 Å². The lowest BCUT2D eigenvalue weighted by molar-refractivity contribution is -0.130. The van der Waals surface area contributed by atoms with E-state index in [0.717, 1.165) is 28.8 Å². The molecule has 1 aliphatic heterocycles. The SMILES string of the molecule is CN(Cc1ccccc1N1CCOCC1)C(=O)CCn1cnc2ccc(Br)cc2c1=O. The average Bonchev–Trinajstić information content (AvgIpc) is 2.79. The van der Waals surface area contributed by atoms with Gasteiger partial charge in [-0.1, -0.05) is 34.1 Å². The summed E-state index contributed by atoms with van der Waals surface area (Å²) in [6.07, 6.45) is 1.75. The predicted molar refractivity (Wildman–Crippen MR) is 124 cm³/mol. The second-order valence-corrected chi connectivity index (χ2v) is 8.55.